The third-order valence-electron chi connectivity index (χ3n) is 2.73. The molecule has 0 amide bonds. The second-order valence-electron chi connectivity index (χ2n) is 4.38. The van der Waals surface area contributed by atoms with Gasteiger partial charge in [0.2, 0.25) is 0 Å². The van der Waals surface area contributed by atoms with E-state index >= 15 is 0 Å². The zero-order valence-corrected chi connectivity index (χ0v) is 13.9. The summed E-state index contributed by atoms with van der Waals surface area (Å²) in [6.07, 6.45) is -4.51. The average molecular weight is 425 g/mol. The van der Waals surface area contributed by atoms with Crippen molar-refractivity contribution in [3.63, 3.8) is 0 Å². The molecular formula is C14H10Br2F3NO. The lowest BCUT2D eigenvalue weighted by Crippen LogP contribution is -2.07. The zero-order valence-electron chi connectivity index (χ0n) is 10.8. The van der Waals surface area contributed by atoms with Gasteiger partial charge < -0.3 is 10.5 Å². The summed E-state index contributed by atoms with van der Waals surface area (Å²) in [5.74, 6) is -0.0872. The van der Waals surface area contributed by atoms with Crippen molar-refractivity contribution in [1.82, 2.24) is 0 Å². The quantitative estimate of drug-likeness (QED) is 0.608. The number of anilines is 1. The van der Waals surface area contributed by atoms with Crippen LogP contribution in [0.25, 0.3) is 0 Å². The van der Waals surface area contributed by atoms with Crippen LogP contribution in [0.5, 0.6) is 11.5 Å². The van der Waals surface area contributed by atoms with Crippen molar-refractivity contribution in [2.24, 2.45) is 0 Å². The Labute approximate surface area is 136 Å². The molecule has 0 fully saturated rings. The number of hydrogen-bond acceptors (Lipinski definition) is 2. The van der Waals surface area contributed by atoms with Crippen molar-refractivity contribution in [1.29, 1.82) is 0 Å². The Morgan fingerprint density at radius 3 is 2.29 bits per heavy atom. The van der Waals surface area contributed by atoms with E-state index in [9.17, 15) is 13.2 Å². The number of alkyl halides is 3. The van der Waals surface area contributed by atoms with Crippen LogP contribution in [0.2, 0.25) is 0 Å². The van der Waals surface area contributed by atoms with Gasteiger partial charge in [0.1, 0.15) is 5.75 Å². The SMILES string of the molecule is Cc1cc(Br)cc(N)c1Oc1cc(Br)ccc1C(F)(F)F. The molecule has 0 spiro atoms. The Bertz CT molecular complexity index is 663. The molecule has 0 aliphatic carbocycles. The molecule has 0 heterocycles. The molecule has 0 bridgehead atoms. The number of halogens is 5. The van der Waals surface area contributed by atoms with Crippen molar-refractivity contribution in [2.75, 3.05) is 5.73 Å². The normalized spacial score (nSPS) is 11.5. The second kappa shape index (κ2) is 5.88. The number of rotatable bonds is 2. The van der Waals surface area contributed by atoms with Crippen LogP contribution in [-0.2, 0) is 6.18 Å². The monoisotopic (exact) mass is 423 g/mol. The molecule has 0 saturated carbocycles. The Morgan fingerprint density at radius 1 is 1.05 bits per heavy atom. The molecule has 2 rings (SSSR count). The Kier molecular flexibility index (Phi) is 4.53. The smallest absolute Gasteiger partial charge is 0.419 e. The summed E-state index contributed by atoms with van der Waals surface area (Å²) in [6.45, 7) is 1.71. The molecule has 0 aliphatic rings. The van der Waals surface area contributed by atoms with E-state index in [4.69, 9.17) is 10.5 Å². The van der Waals surface area contributed by atoms with Crippen LogP contribution in [0.3, 0.4) is 0 Å². The van der Waals surface area contributed by atoms with Crippen molar-refractivity contribution in [3.05, 3.63) is 50.4 Å². The molecule has 2 nitrogen and oxygen atoms in total. The lowest BCUT2D eigenvalue weighted by molar-refractivity contribution is -0.138. The average Bonchev–Trinajstić information content (AvgIpc) is 2.32. The number of hydrogen-bond donors (Lipinski definition) is 1. The summed E-state index contributed by atoms with van der Waals surface area (Å²) in [7, 11) is 0. The Morgan fingerprint density at radius 2 is 1.71 bits per heavy atom. The van der Waals surface area contributed by atoms with Gasteiger partial charge in [0.15, 0.2) is 5.75 Å². The topological polar surface area (TPSA) is 35.2 Å². The van der Waals surface area contributed by atoms with Crippen LogP contribution < -0.4 is 10.5 Å². The first-order valence-corrected chi connectivity index (χ1v) is 7.37. The first-order valence-electron chi connectivity index (χ1n) is 5.78. The molecule has 2 N–H and O–H groups in total. The highest BCUT2D eigenvalue weighted by Crippen LogP contribution is 2.42. The van der Waals surface area contributed by atoms with Gasteiger partial charge in [-0.25, -0.2) is 0 Å². The van der Waals surface area contributed by atoms with E-state index in [-0.39, 0.29) is 17.2 Å². The maximum absolute atomic E-state index is 13.0. The third kappa shape index (κ3) is 3.71. The van der Waals surface area contributed by atoms with Crippen molar-refractivity contribution < 1.29 is 17.9 Å². The fourth-order valence-electron chi connectivity index (χ4n) is 1.82. The van der Waals surface area contributed by atoms with Gasteiger partial charge in [-0.1, -0.05) is 31.9 Å². The minimum absolute atomic E-state index is 0.210. The Balaban J connectivity index is 2.52. The minimum atomic E-state index is -4.51. The molecular weight excluding hydrogens is 415 g/mol. The molecule has 2 aromatic carbocycles. The third-order valence-corrected chi connectivity index (χ3v) is 3.68. The van der Waals surface area contributed by atoms with Crippen molar-refractivity contribution in [2.45, 2.75) is 13.1 Å². The molecule has 0 radical (unpaired) electrons. The minimum Gasteiger partial charge on any atom is -0.454 e. The fraction of sp³-hybridized carbons (Fsp3) is 0.143. The van der Waals surface area contributed by atoms with E-state index in [2.05, 4.69) is 31.9 Å². The molecule has 0 unspecified atom stereocenters. The van der Waals surface area contributed by atoms with Gasteiger partial charge in [-0.05, 0) is 42.8 Å². The first kappa shape index (κ1) is 16.2. The largest absolute Gasteiger partial charge is 0.454 e. The van der Waals surface area contributed by atoms with Crippen molar-refractivity contribution >= 4 is 37.5 Å². The molecule has 2 aromatic rings. The number of benzene rings is 2. The van der Waals surface area contributed by atoms with Crippen LogP contribution >= 0.6 is 31.9 Å². The van der Waals surface area contributed by atoms with Crippen LogP contribution in [-0.4, -0.2) is 0 Å². The van der Waals surface area contributed by atoms with E-state index in [1.165, 1.54) is 12.1 Å². The van der Waals surface area contributed by atoms with E-state index in [1.54, 1.807) is 19.1 Å². The summed E-state index contributed by atoms with van der Waals surface area (Å²) in [5, 5.41) is 0. The molecule has 0 atom stereocenters. The summed E-state index contributed by atoms with van der Waals surface area (Å²) in [4.78, 5) is 0. The van der Waals surface area contributed by atoms with Gasteiger partial charge in [-0.2, -0.15) is 13.2 Å². The standard InChI is InChI=1S/C14H10Br2F3NO/c1-7-4-9(16)5-11(20)13(7)21-12-6-8(15)2-3-10(12)14(17,18)19/h2-6H,20H2,1H3. The maximum Gasteiger partial charge on any atom is 0.419 e. The lowest BCUT2D eigenvalue weighted by atomic mass is 10.1. The number of nitrogens with two attached hydrogens (primary N) is 1. The maximum atomic E-state index is 13.0. The van der Waals surface area contributed by atoms with Gasteiger partial charge in [-0.15, -0.1) is 0 Å². The lowest BCUT2D eigenvalue weighted by Gasteiger charge is -2.17. The van der Waals surface area contributed by atoms with Gasteiger partial charge in [0, 0.05) is 8.95 Å². The van der Waals surface area contributed by atoms with Gasteiger partial charge >= 0.3 is 6.18 Å². The number of ether oxygens (including phenoxy) is 1. The van der Waals surface area contributed by atoms with Crippen LogP contribution in [0.15, 0.2) is 39.3 Å². The highest BCUT2D eigenvalue weighted by Gasteiger charge is 2.34. The van der Waals surface area contributed by atoms with Crippen LogP contribution in [0, 0.1) is 6.92 Å². The fourth-order valence-corrected chi connectivity index (χ4v) is 2.75. The molecule has 7 heteroatoms. The van der Waals surface area contributed by atoms with Crippen LogP contribution in [0.1, 0.15) is 11.1 Å². The molecule has 21 heavy (non-hydrogen) atoms. The predicted octanol–water partition coefficient (Wildman–Crippen LogP) is 5.91. The molecule has 0 saturated heterocycles. The second-order valence-corrected chi connectivity index (χ2v) is 6.21. The molecule has 0 aliphatic heterocycles. The van der Waals surface area contributed by atoms with Gasteiger partial charge in [0.05, 0.1) is 11.3 Å². The summed E-state index contributed by atoms with van der Waals surface area (Å²) < 4.78 is 45.7. The van der Waals surface area contributed by atoms with Gasteiger partial charge in [0.25, 0.3) is 0 Å². The van der Waals surface area contributed by atoms with Crippen molar-refractivity contribution in [3.8, 4) is 11.5 Å². The molecule has 0 aromatic heterocycles. The first-order chi connectivity index (χ1) is 9.68. The number of nitrogen functional groups attached to an aromatic ring is 1. The summed E-state index contributed by atoms with van der Waals surface area (Å²) >= 11 is 6.41. The van der Waals surface area contributed by atoms with Crippen LogP contribution in [0.4, 0.5) is 18.9 Å². The summed E-state index contributed by atoms with van der Waals surface area (Å²) in [6, 6.07) is 6.84. The summed E-state index contributed by atoms with van der Waals surface area (Å²) in [5.41, 5.74) is 5.86. The van der Waals surface area contributed by atoms with Gasteiger partial charge in [-0.3, -0.25) is 0 Å². The van der Waals surface area contributed by atoms with E-state index in [0.717, 1.165) is 10.5 Å². The Hall–Kier alpha value is -1.21. The van der Waals surface area contributed by atoms with E-state index in [1.807, 2.05) is 0 Å². The number of aryl methyl sites for hydroxylation is 1. The highest BCUT2D eigenvalue weighted by atomic mass is 79.9. The predicted molar refractivity (Wildman–Crippen MR) is 82.5 cm³/mol. The molecule has 112 valence electrons. The zero-order chi connectivity index (χ0) is 15.8. The highest BCUT2D eigenvalue weighted by molar-refractivity contribution is 9.10. The van der Waals surface area contributed by atoms with E-state index in [0.29, 0.717) is 10.0 Å². The van der Waals surface area contributed by atoms with E-state index < -0.39 is 11.7 Å².